The zero-order chi connectivity index (χ0) is 10.8. The highest BCUT2D eigenvalue weighted by Crippen LogP contribution is 2.20. The number of carbonyl (C=O) groups is 1. The Hall–Kier alpha value is -0.610. The molecule has 0 saturated carbocycles. The van der Waals surface area contributed by atoms with Crippen LogP contribution in [0.25, 0.3) is 0 Å². The van der Waals surface area contributed by atoms with Crippen LogP contribution in [0.2, 0.25) is 0 Å². The maximum Gasteiger partial charge on any atom is 0.242 e. The van der Waals surface area contributed by atoms with Gasteiger partial charge in [-0.2, -0.15) is 0 Å². The molecular weight excluding hydrogens is 180 g/mol. The zero-order valence-corrected chi connectivity index (χ0v) is 9.25. The molecule has 14 heavy (non-hydrogen) atoms. The highest BCUT2D eigenvalue weighted by atomic mass is 16.5. The fraction of sp³-hybridized carbons (Fsp3) is 0.900. The predicted molar refractivity (Wildman–Crippen MR) is 54.3 cm³/mol. The molecule has 1 aliphatic rings. The lowest BCUT2D eigenvalue weighted by molar-refractivity contribution is -0.144. The number of nitrogens with two attached hydrogens (primary N) is 1. The van der Waals surface area contributed by atoms with Gasteiger partial charge in [-0.25, -0.2) is 5.84 Å². The first kappa shape index (κ1) is 11.5. The number of nitrogens with zero attached hydrogens (tertiary/aromatic N) is 1. The van der Waals surface area contributed by atoms with Crippen molar-refractivity contribution in [3.8, 4) is 0 Å². The van der Waals surface area contributed by atoms with Gasteiger partial charge in [0.1, 0.15) is 0 Å². The van der Waals surface area contributed by atoms with Crippen molar-refractivity contribution in [1.29, 1.82) is 0 Å². The molecular formula is C10H20N2O2. The van der Waals surface area contributed by atoms with Gasteiger partial charge in [0.2, 0.25) is 5.91 Å². The van der Waals surface area contributed by atoms with Crippen molar-refractivity contribution in [2.24, 2.45) is 11.3 Å². The third-order valence-electron chi connectivity index (χ3n) is 2.46. The Balaban J connectivity index is 2.55. The highest BCUT2D eigenvalue weighted by Gasteiger charge is 2.30. The van der Waals surface area contributed by atoms with Crippen molar-refractivity contribution in [3.63, 3.8) is 0 Å². The Bertz CT molecular complexity index is 205. The molecule has 2 N–H and O–H groups in total. The average Bonchev–Trinajstić information content (AvgIpc) is 2.15. The van der Waals surface area contributed by atoms with Gasteiger partial charge in [0.25, 0.3) is 0 Å². The molecule has 0 atom stereocenters. The van der Waals surface area contributed by atoms with Crippen LogP contribution in [-0.4, -0.2) is 30.2 Å². The van der Waals surface area contributed by atoms with Crippen molar-refractivity contribution in [3.05, 3.63) is 0 Å². The van der Waals surface area contributed by atoms with E-state index in [0.29, 0.717) is 13.2 Å². The second-order valence-electron chi connectivity index (χ2n) is 4.81. The highest BCUT2D eigenvalue weighted by molar-refractivity contribution is 5.81. The smallest absolute Gasteiger partial charge is 0.242 e. The summed E-state index contributed by atoms with van der Waals surface area (Å²) in [6, 6.07) is 0.149. The number of amides is 1. The van der Waals surface area contributed by atoms with Gasteiger partial charge in [0, 0.05) is 18.6 Å². The maximum atomic E-state index is 11.8. The first-order valence-corrected chi connectivity index (χ1v) is 5.09. The zero-order valence-electron chi connectivity index (χ0n) is 9.25. The summed E-state index contributed by atoms with van der Waals surface area (Å²) in [6.07, 6.45) is 1.69. The van der Waals surface area contributed by atoms with E-state index in [1.165, 1.54) is 5.01 Å². The lowest BCUT2D eigenvalue weighted by Gasteiger charge is -2.34. The Labute approximate surface area is 85.4 Å². The molecule has 82 valence electrons. The van der Waals surface area contributed by atoms with Crippen LogP contribution >= 0.6 is 0 Å². The minimum absolute atomic E-state index is 0.00407. The van der Waals surface area contributed by atoms with E-state index in [9.17, 15) is 4.79 Å². The van der Waals surface area contributed by atoms with Gasteiger partial charge in [-0.1, -0.05) is 20.8 Å². The van der Waals surface area contributed by atoms with Crippen LogP contribution in [0.15, 0.2) is 0 Å². The second-order valence-corrected chi connectivity index (χ2v) is 4.81. The van der Waals surface area contributed by atoms with Gasteiger partial charge < -0.3 is 4.74 Å². The fourth-order valence-corrected chi connectivity index (χ4v) is 1.52. The van der Waals surface area contributed by atoms with E-state index in [2.05, 4.69) is 0 Å². The third kappa shape index (κ3) is 2.69. The molecule has 0 aromatic heterocycles. The van der Waals surface area contributed by atoms with Crippen molar-refractivity contribution < 1.29 is 9.53 Å². The molecule has 0 aromatic carbocycles. The fourth-order valence-electron chi connectivity index (χ4n) is 1.52. The molecule has 0 radical (unpaired) electrons. The van der Waals surface area contributed by atoms with Gasteiger partial charge >= 0.3 is 0 Å². The first-order valence-electron chi connectivity index (χ1n) is 5.09. The Morgan fingerprint density at radius 2 is 1.86 bits per heavy atom. The van der Waals surface area contributed by atoms with Crippen LogP contribution < -0.4 is 5.84 Å². The second kappa shape index (κ2) is 4.28. The molecule has 1 saturated heterocycles. The molecule has 1 aliphatic heterocycles. The summed E-state index contributed by atoms with van der Waals surface area (Å²) in [7, 11) is 0. The third-order valence-corrected chi connectivity index (χ3v) is 2.46. The van der Waals surface area contributed by atoms with Crippen molar-refractivity contribution in [1.82, 2.24) is 5.01 Å². The normalized spacial score (nSPS) is 19.4. The number of hydrogen-bond acceptors (Lipinski definition) is 3. The van der Waals surface area contributed by atoms with E-state index in [0.717, 1.165) is 12.8 Å². The molecule has 1 rings (SSSR count). The predicted octanol–water partition coefficient (Wildman–Crippen LogP) is 0.914. The molecule has 0 unspecified atom stereocenters. The van der Waals surface area contributed by atoms with E-state index in [-0.39, 0.29) is 11.9 Å². The minimum atomic E-state index is -0.396. The van der Waals surface area contributed by atoms with Gasteiger partial charge in [0.15, 0.2) is 0 Å². The van der Waals surface area contributed by atoms with Gasteiger partial charge in [-0.15, -0.1) is 0 Å². The van der Waals surface area contributed by atoms with E-state index in [4.69, 9.17) is 10.6 Å². The van der Waals surface area contributed by atoms with Crippen LogP contribution in [0.4, 0.5) is 0 Å². The number of hydrogen-bond donors (Lipinski definition) is 1. The maximum absolute atomic E-state index is 11.8. The van der Waals surface area contributed by atoms with Crippen LogP contribution in [0, 0.1) is 5.41 Å². The van der Waals surface area contributed by atoms with Crippen LogP contribution in [0.1, 0.15) is 33.6 Å². The molecule has 0 spiro atoms. The van der Waals surface area contributed by atoms with Crippen LogP contribution in [0.5, 0.6) is 0 Å². The number of carbonyl (C=O) groups excluding carboxylic acids is 1. The Morgan fingerprint density at radius 1 is 1.36 bits per heavy atom. The van der Waals surface area contributed by atoms with E-state index in [1.54, 1.807) is 0 Å². The molecule has 0 bridgehead atoms. The van der Waals surface area contributed by atoms with E-state index >= 15 is 0 Å². The lowest BCUT2D eigenvalue weighted by Crippen LogP contribution is -2.52. The standard InChI is InChI=1S/C10H20N2O2/c1-10(2,3)9(13)12(11)8-4-6-14-7-5-8/h8H,4-7,11H2,1-3H3. The molecule has 4 heteroatoms. The van der Waals surface area contributed by atoms with Crippen LogP contribution in [0.3, 0.4) is 0 Å². The summed E-state index contributed by atoms with van der Waals surface area (Å²) in [5, 5.41) is 1.39. The number of ether oxygens (including phenoxy) is 1. The Kier molecular flexibility index (Phi) is 3.50. The SMILES string of the molecule is CC(C)(C)C(=O)N(N)C1CCOCC1. The van der Waals surface area contributed by atoms with Crippen molar-refractivity contribution in [2.75, 3.05) is 13.2 Å². The molecule has 0 aromatic rings. The summed E-state index contributed by atoms with van der Waals surface area (Å²) in [5.74, 6) is 5.81. The van der Waals surface area contributed by atoms with E-state index in [1.807, 2.05) is 20.8 Å². The molecule has 0 aliphatic carbocycles. The van der Waals surface area contributed by atoms with Crippen LogP contribution in [-0.2, 0) is 9.53 Å². The molecule has 4 nitrogen and oxygen atoms in total. The first-order chi connectivity index (χ1) is 6.43. The van der Waals surface area contributed by atoms with Crippen molar-refractivity contribution >= 4 is 5.91 Å². The average molecular weight is 200 g/mol. The summed E-state index contributed by atoms with van der Waals surface area (Å²) in [6.45, 7) is 7.06. The van der Waals surface area contributed by atoms with E-state index < -0.39 is 5.41 Å². The number of rotatable bonds is 1. The number of hydrazine groups is 1. The summed E-state index contributed by atoms with van der Waals surface area (Å²) >= 11 is 0. The summed E-state index contributed by atoms with van der Waals surface area (Å²) in [5.41, 5.74) is -0.396. The Morgan fingerprint density at radius 3 is 2.29 bits per heavy atom. The molecule has 1 amide bonds. The monoisotopic (exact) mass is 200 g/mol. The van der Waals surface area contributed by atoms with Gasteiger partial charge in [-0.05, 0) is 12.8 Å². The van der Waals surface area contributed by atoms with Crippen molar-refractivity contribution in [2.45, 2.75) is 39.7 Å². The molecule has 1 heterocycles. The largest absolute Gasteiger partial charge is 0.381 e. The summed E-state index contributed by atoms with van der Waals surface area (Å²) < 4.78 is 5.22. The minimum Gasteiger partial charge on any atom is -0.381 e. The lowest BCUT2D eigenvalue weighted by atomic mass is 9.94. The molecule has 1 fully saturated rings. The topological polar surface area (TPSA) is 55.6 Å². The van der Waals surface area contributed by atoms with Gasteiger partial charge in [-0.3, -0.25) is 9.80 Å². The summed E-state index contributed by atoms with van der Waals surface area (Å²) in [4.78, 5) is 11.8. The quantitative estimate of drug-likeness (QED) is 0.389. The van der Waals surface area contributed by atoms with Gasteiger partial charge in [0.05, 0.1) is 6.04 Å².